The fraction of sp³-hybridized carbons (Fsp3) is 0.125. The van der Waals surface area contributed by atoms with E-state index in [2.05, 4.69) is 99.5 Å². The number of hydrogen-bond acceptors (Lipinski definition) is 8. The van der Waals surface area contributed by atoms with Crippen LogP contribution in [0.25, 0.3) is 34.0 Å². The molecule has 8 rings (SSSR count). The standard InChI is InChI=1S/C24H23N3O.C24H21N3O/c2*1-28-23-5-3-2-4-21(23)17-26-24-11-9-20-16-19(8-10-22(20)27-24)7-6-18-12-14-25-15-13-18/h2-5,8-16H,6-7,17H2,1H3,(H,26,27);2-16H,17H2,1H3,(H,26,27). The lowest BCUT2D eigenvalue weighted by atomic mass is 10.0. The van der Waals surface area contributed by atoms with Gasteiger partial charge >= 0.3 is 0 Å². The molecular formula is C48H44N6O2. The van der Waals surface area contributed by atoms with Crippen LogP contribution in [-0.2, 0) is 25.9 Å². The number of methoxy groups -OCH3 is 2. The number of benzene rings is 4. The molecule has 4 aromatic carbocycles. The molecule has 0 spiro atoms. The van der Waals surface area contributed by atoms with Crippen molar-refractivity contribution in [1.29, 1.82) is 0 Å². The van der Waals surface area contributed by atoms with Gasteiger partial charge in [0, 0.05) is 59.8 Å². The smallest absolute Gasteiger partial charge is 0.126 e. The van der Waals surface area contributed by atoms with Crippen molar-refractivity contribution in [2.45, 2.75) is 25.9 Å². The number of nitrogens with one attached hydrogen (secondary N) is 2. The highest BCUT2D eigenvalue weighted by Gasteiger charge is 2.06. The van der Waals surface area contributed by atoms with E-state index in [1.807, 2.05) is 79.1 Å². The topological polar surface area (TPSA) is 94.1 Å². The van der Waals surface area contributed by atoms with E-state index in [0.717, 1.165) is 80.0 Å². The molecule has 0 amide bonds. The second kappa shape index (κ2) is 18.8. The first-order valence-electron chi connectivity index (χ1n) is 18.6. The van der Waals surface area contributed by atoms with Gasteiger partial charge in [-0.25, -0.2) is 9.97 Å². The molecule has 278 valence electrons. The monoisotopic (exact) mass is 736 g/mol. The molecule has 0 aliphatic rings. The lowest BCUT2D eigenvalue weighted by Crippen LogP contribution is -2.03. The number of anilines is 2. The SMILES string of the molecule is COc1ccccc1CNc1ccc2cc(C=Cc3ccncc3)ccc2n1.COc1ccccc1CNc1ccc2cc(CCc3ccncc3)ccc2n1. The Bertz CT molecular complexity index is 2530. The third kappa shape index (κ3) is 10.1. The molecule has 0 saturated heterocycles. The highest BCUT2D eigenvalue weighted by Crippen LogP contribution is 2.23. The van der Waals surface area contributed by atoms with Gasteiger partial charge in [0.25, 0.3) is 0 Å². The minimum Gasteiger partial charge on any atom is -0.496 e. The molecule has 4 heterocycles. The van der Waals surface area contributed by atoms with Crippen LogP contribution in [0.4, 0.5) is 11.6 Å². The Kier molecular flexibility index (Phi) is 12.5. The van der Waals surface area contributed by atoms with Crippen LogP contribution >= 0.6 is 0 Å². The van der Waals surface area contributed by atoms with Crippen molar-refractivity contribution in [3.63, 3.8) is 0 Å². The molecule has 0 fully saturated rings. The van der Waals surface area contributed by atoms with Crippen LogP contribution < -0.4 is 20.1 Å². The summed E-state index contributed by atoms with van der Waals surface area (Å²) in [5.41, 5.74) is 9.07. The molecule has 2 N–H and O–H groups in total. The summed E-state index contributed by atoms with van der Waals surface area (Å²) in [6, 6.07) is 45.2. The van der Waals surface area contributed by atoms with Crippen molar-refractivity contribution in [3.05, 3.63) is 192 Å². The van der Waals surface area contributed by atoms with Crippen molar-refractivity contribution in [3.8, 4) is 11.5 Å². The molecule has 0 radical (unpaired) electrons. The summed E-state index contributed by atoms with van der Waals surface area (Å²) in [7, 11) is 3.38. The highest BCUT2D eigenvalue weighted by molar-refractivity contribution is 5.84. The van der Waals surface area contributed by atoms with Gasteiger partial charge in [0.05, 0.1) is 25.3 Å². The number of aromatic nitrogens is 4. The summed E-state index contributed by atoms with van der Waals surface area (Å²) in [6.07, 6.45) is 13.5. The second-order valence-corrected chi connectivity index (χ2v) is 13.2. The molecule has 56 heavy (non-hydrogen) atoms. The van der Waals surface area contributed by atoms with E-state index in [-0.39, 0.29) is 0 Å². The number of rotatable bonds is 13. The van der Waals surface area contributed by atoms with Crippen LogP contribution in [0.1, 0.15) is 33.4 Å². The third-order valence-corrected chi connectivity index (χ3v) is 9.40. The predicted molar refractivity (Wildman–Crippen MR) is 229 cm³/mol. The first kappa shape index (κ1) is 37.3. The van der Waals surface area contributed by atoms with E-state index in [1.54, 1.807) is 26.6 Å². The lowest BCUT2D eigenvalue weighted by Gasteiger charge is -2.11. The van der Waals surface area contributed by atoms with Crippen LogP contribution in [0.5, 0.6) is 11.5 Å². The maximum atomic E-state index is 5.41. The average Bonchev–Trinajstić information content (AvgIpc) is 3.27. The Morgan fingerprint density at radius 1 is 0.482 bits per heavy atom. The summed E-state index contributed by atoms with van der Waals surface area (Å²) in [5.74, 6) is 3.47. The van der Waals surface area contributed by atoms with Gasteiger partial charge in [0.1, 0.15) is 23.1 Å². The maximum absolute atomic E-state index is 5.41. The molecule has 0 unspecified atom stereocenters. The number of para-hydroxylation sites is 2. The summed E-state index contributed by atoms with van der Waals surface area (Å²) in [4.78, 5) is 17.6. The highest BCUT2D eigenvalue weighted by atomic mass is 16.5. The first-order valence-corrected chi connectivity index (χ1v) is 18.6. The maximum Gasteiger partial charge on any atom is 0.126 e. The van der Waals surface area contributed by atoms with Gasteiger partial charge in [-0.05, 0) is 120 Å². The van der Waals surface area contributed by atoms with Crippen LogP contribution in [0.2, 0.25) is 0 Å². The molecule has 8 heteroatoms. The van der Waals surface area contributed by atoms with Gasteiger partial charge < -0.3 is 20.1 Å². The average molecular weight is 737 g/mol. The summed E-state index contributed by atoms with van der Waals surface area (Å²) >= 11 is 0. The number of pyridine rings is 4. The molecule has 4 aromatic heterocycles. The van der Waals surface area contributed by atoms with Gasteiger partial charge in [-0.1, -0.05) is 60.7 Å². The van der Waals surface area contributed by atoms with E-state index in [9.17, 15) is 0 Å². The Balaban J connectivity index is 0.000000172. The van der Waals surface area contributed by atoms with Gasteiger partial charge in [-0.2, -0.15) is 0 Å². The van der Waals surface area contributed by atoms with Gasteiger partial charge in [-0.3, -0.25) is 9.97 Å². The molecule has 8 aromatic rings. The van der Waals surface area contributed by atoms with Crippen LogP contribution in [0, 0.1) is 0 Å². The molecule has 0 bridgehead atoms. The predicted octanol–water partition coefficient (Wildman–Crippen LogP) is 10.5. The minimum absolute atomic E-state index is 0.662. The van der Waals surface area contributed by atoms with Crippen LogP contribution in [-0.4, -0.2) is 34.2 Å². The Morgan fingerprint density at radius 2 is 1.00 bits per heavy atom. The van der Waals surface area contributed by atoms with Gasteiger partial charge in [-0.15, -0.1) is 0 Å². The number of ether oxygens (including phenoxy) is 2. The van der Waals surface area contributed by atoms with E-state index < -0.39 is 0 Å². The molecule has 0 saturated carbocycles. The zero-order chi connectivity index (χ0) is 38.4. The van der Waals surface area contributed by atoms with Crippen molar-refractivity contribution in [1.82, 2.24) is 19.9 Å². The van der Waals surface area contributed by atoms with E-state index in [1.165, 1.54) is 11.1 Å². The molecular weight excluding hydrogens is 693 g/mol. The third-order valence-electron chi connectivity index (χ3n) is 9.40. The van der Waals surface area contributed by atoms with E-state index in [4.69, 9.17) is 19.4 Å². The number of aryl methyl sites for hydroxylation is 2. The van der Waals surface area contributed by atoms with Crippen LogP contribution in [0.3, 0.4) is 0 Å². The van der Waals surface area contributed by atoms with Crippen molar-refractivity contribution < 1.29 is 9.47 Å². The first-order chi connectivity index (χ1) is 27.6. The number of hydrogen-bond donors (Lipinski definition) is 2. The number of fused-ring (bicyclic) bond motifs is 2. The van der Waals surface area contributed by atoms with Crippen molar-refractivity contribution >= 4 is 45.6 Å². The number of nitrogens with zero attached hydrogens (tertiary/aromatic N) is 4. The normalized spacial score (nSPS) is 10.9. The summed E-state index contributed by atoms with van der Waals surface area (Å²) in [6.45, 7) is 1.34. The Hall–Kier alpha value is -7.06. The Morgan fingerprint density at radius 3 is 1.61 bits per heavy atom. The Labute approximate surface area is 328 Å². The molecule has 0 aliphatic carbocycles. The fourth-order valence-electron chi connectivity index (χ4n) is 6.35. The molecule has 0 atom stereocenters. The summed E-state index contributed by atoms with van der Waals surface area (Å²) < 4.78 is 10.8. The largest absolute Gasteiger partial charge is 0.496 e. The fourth-order valence-corrected chi connectivity index (χ4v) is 6.35. The van der Waals surface area contributed by atoms with Crippen molar-refractivity contribution in [2.75, 3.05) is 24.9 Å². The summed E-state index contributed by atoms with van der Waals surface area (Å²) in [5, 5.41) is 9.04. The molecule has 0 aliphatic heterocycles. The van der Waals surface area contributed by atoms with E-state index >= 15 is 0 Å². The van der Waals surface area contributed by atoms with Gasteiger partial charge in [0.2, 0.25) is 0 Å². The zero-order valence-electron chi connectivity index (χ0n) is 31.6. The minimum atomic E-state index is 0.662. The van der Waals surface area contributed by atoms with Gasteiger partial charge in [0.15, 0.2) is 0 Å². The van der Waals surface area contributed by atoms with E-state index in [0.29, 0.717) is 13.1 Å². The second-order valence-electron chi connectivity index (χ2n) is 13.2. The molecule has 8 nitrogen and oxygen atoms in total. The van der Waals surface area contributed by atoms with Crippen molar-refractivity contribution in [2.24, 2.45) is 0 Å². The lowest BCUT2D eigenvalue weighted by molar-refractivity contribution is 0.410. The van der Waals surface area contributed by atoms with Crippen LogP contribution in [0.15, 0.2) is 158 Å². The quantitative estimate of drug-likeness (QED) is 0.121. The zero-order valence-corrected chi connectivity index (χ0v) is 31.6.